The van der Waals surface area contributed by atoms with E-state index < -0.39 is 5.91 Å². The molecule has 1 radical (unpaired) electrons. The second kappa shape index (κ2) is 8.20. The predicted octanol–water partition coefficient (Wildman–Crippen LogP) is 3.45. The topological polar surface area (TPSA) is 98.0 Å². The van der Waals surface area contributed by atoms with Crippen molar-refractivity contribution in [2.75, 3.05) is 5.32 Å². The number of nitrogens with zero attached hydrogens (tertiary/aromatic N) is 2. The maximum Gasteiger partial charge on any atom is 0.268 e. The number of benzene rings is 1. The Morgan fingerprint density at radius 3 is 2.73 bits per heavy atom. The first kappa shape index (κ1) is 18.2. The molecule has 8 heteroatoms. The lowest BCUT2D eigenvalue weighted by atomic mass is 10.1. The van der Waals surface area contributed by atoms with E-state index in [1.807, 2.05) is 30.3 Å². The molecule has 0 aliphatic carbocycles. The van der Waals surface area contributed by atoms with Crippen molar-refractivity contribution < 1.29 is 9.59 Å². The van der Waals surface area contributed by atoms with Gasteiger partial charge in [0, 0.05) is 5.38 Å². The van der Waals surface area contributed by atoms with Gasteiger partial charge in [-0.25, -0.2) is 9.97 Å². The smallest absolute Gasteiger partial charge is 0.268 e. The van der Waals surface area contributed by atoms with Crippen molar-refractivity contribution in [1.29, 1.82) is 0 Å². The van der Waals surface area contributed by atoms with E-state index in [0.717, 1.165) is 11.4 Å². The molecule has 0 saturated heterocycles. The van der Waals surface area contributed by atoms with Gasteiger partial charge in [0.25, 0.3) is 5.91 Å². The normalized spacial score (nSPS) is 10.7. The molecule has 0 saturated carbocycles. The number of nitrogens with two attached hydrogens (primary N) is 1. The highest BCUT2D eigenvalue weighted by Crippen LogP contribution is 2.32. The second-order valence-corrected chi connectivity index (χ2v) is 7.59. The number of hydrogen-bond acceptors (Lipinski definition) is 6. The van der Waals surface area contributed by atoms with Crippen LogP contribution in [0.3, 0.4) is 0 Å². The van der Waals surface area contributed by atoms with Gasteiger partial charge in [0.1, 0.15) is 5.69 Å². The summed E-state index contributed by atoms with van der Waals surface area (Å²) in [5.41, 5.74) is 7.35. The summed E-state index contributed by atoms with van der Waals surface area (Å²) in [6.07, 6.45) is 3.06. The van der Waals surface area contributed by atoms with Crippen molar-refractivity contribution in [2.24, 2.45) is 5.73 Å². The molecule has 3 aromatic rings. The molecule has 3 N–H and O–H groups in total. The second-order valence-electron chi connectivity index (χ2n) is 5.53. The summed E-state index contributed by atoms with van der Waals surface area (Å²) >= 11 is 2.65. The summed E-state index contributed by atoms with van der Waals surface area (Å²) in [6, 6.07) is 9.99. The molecule has 133 valence electrons. The van der Waals surface area contributed by atoms with Gasteiger partial charge in [-0.2, -0.15) is 0 Å². The molecule has 1 aromatic carbocycles. The van der Waals surface area contributed by atoms with Crippen molar-refractivity contribution in [3.63, 3.8) is 0 Å². The number of thiazole rings is 2. The maximum absolute atomic E-state index is 12.0. The van der Waals surface area contributed by atoms with Crippen LogP contribution in [0.15, 0.2) is 35.7 Å². The number of nitrogens with one attached hydrogen (secondary N) is 1. The van der Waals surface area contributed by atoms with E-state index in [1.54, 1.807) is 18.7 Å². The quantitative estimate of drug-likeness (QED) is 0.651. The van der Waals surface area contributed by atoms with Gasteiger partial charge in [-0.15, -0.1) is 22.7 Å². The molecule has 0 atom stereocenters. The summed E-state index contributed by atoms with van der Waals surface area (Å²) < 4.78 is 0. The van der Waals surface area contributed by atoms with Crippen LogP contribution in [0.5, 0.6) is 0 Å². The zero-order chi connectivity index (χ0) is 18.5. The van der Waals surface area contributed by atoms with Crippen LogP contribution in [0.4, 0.5) is 5.13 Å². The Morgan fingerprint density at radius 1 is 1.23 bits per heavy atom. The number of amides is 2. The molecule has 2 heterocycles. The molecular formula is C18H17N4O2S2. The predicted molar refractivity (Wildman–Crippen MR) is 104 cm³/mol. The number of carbonyl (C=O) groups excluding carboxylic acids is 2. The molecular weight excluding hydrogens is 368 g/mol. The average Bonchev–Trinajstić information content (AvgIpc) is 3.22. The van der Waals surface area contributed by atoms with Crippen LogP contribution in [0.25, 0.3) is 10.6 Å². The summed E-state index contributed by atoms with van der Waals surface area (Å²) in [4.78, 5) is 32.7. The van der Waals surface area contributed by atoms with Crippen molar-refractivity contribution >= 4 is 39.6 Å². The van der Waals surface area contributed by atoms with Crippen LogP contribution in [-0.2, 0) is 11.2 Å². The fourth-order valence-electron chi connectivity index (χ4n) is 2.37. The van der Waals surface area contributed by atoms with Crippen LogP contribution in [0.1, 0.15) is 27.5 Å². The molecule has 3 rings (SSSR count). The van der Waals surface area contributed by atoms with Gasteiger partial charge in [-0.1, -0.05) is 30.3 Å². The Bertz CT molecular complexity index is 918. The lowest BCUT2D eigenvalue weighted by Crippen LogP contribution is -2.13. The summed E-state index contributed by atoms with van der Waals surface area (Å²) in [7, 11) is 0. The average molecular weight is 385 g/mol. The first-order valence-electron chi connectivity index (χ1n) is 7.94. The highest BCUT2D eigenvalue weighted by molar-refractivity contribution is 7.17. The van der Waals surface area contributed by atoms with Crippen molar-refractivity contribution in [3.8, 4) is 10.6 Å². The van der Waals surface area contributed by atoms with Crippen molar-refractivity contribution in [1.82, 2.24) is 9.97 Å². The molecule has 0 aliphatic heterocycles. The third-order valence-corrected chi connectivity index (χ3v) is 5.29. The fraction of sp³-hybridized carbons (Fsp3) is 0.167. The van der Waals surface area contributed by atoms with Gasteiger partial charge in [-0.05, 0) is 25.3 Å². The van der Waals surface area contributed by atoms with E-state index in [9.17, 15) is 9.59 Å². The Hall–Kier alpha value is -2.58. The largest absolute Gasteiger partial charge is 0.364 e. The summed E-state index contributed by atoms with van der Waals surface area (Å²) in [6.45, 7) is 1.80. The molecule has 0 spiro atoms. The molecule has 0 fully saturated rings. The van der Waals surface area contributed by atoms with Crippen molar-refractivity contribution in [2.45, 2.75) is 19.8 Å². The number of carbonyl (C=O) groups is 2. The van der Waals surface area contributed by atoms with Gasteiger partial charge < -0.3 is 11.1 Å². The maximum atomic E-state index is 12.0. The number of hydrogen-bond donors (Lipinski definition) is 2. The molecule has 0 aliphatic rings. The van der Waals surface area contributed by atoms with Crippen LogP contribution in [0, 0.1) is 13.3 Å². The highest BCUT2D eigenvalue weighted by Gasteiger charge is 2.18. The SMILES string of the molecule is Cc1nc(C(N)=O)c(-c2csc(NC(=O)[CH]CCc3ccccc3)n2)s1. The Morgan fingerprint density at radius 2 is 2.00 bits per heavy atom. The monoisotopic (exact) mass is 385 g/mol. The molecule has 6 nitrogen and oxygen atoms in total. The Balaban J connectivity index is 1.58. The van der Waals surface area contributed by atoms with Crippen LogP contribution in [0.2, 0.25) is 0 Å². The van der Waals surface area contributed by atoms with Gasteiger partial charge in [0.15, 0.2) is 5.13 Å². The minimum Gasteiger partial charge on any atom is -0.364 e. The zero-order valence-electron chi connectivity index (χ0n) is 14.1. The third-order valence-electron chi connectivity index (χ3n) is 3.54. The molecule has 0 bridgehead atoms. The Kier molecular flexibility index (Phi) is 5.75. The molecule has 0 unspecified atom stereocenters. The van der Waals surface area contributed by atoms with Gasteiger partial charge in [0.05, 0.1) is 22.0 Å². The number of anilines is 1. The van der Waals surface area contributed by atoms with Crippen LogP contribution < -0.4 is 11.1 Å². The number of primary amides is 1. The van der Waals surface area contributed by atoms with Crippen LogP contribution >= 0.6 is 22.7 Å². The lowest BCUT2D eigenvalue weighted by Gasteiger charge is -2.02. The molecule has 2 amide bonds. The molecule has 26 heavy (non-hydrogen) atoms. The number of aromatic nitrogens is 2. The van der Waals surface area contributed by atoms with Crippen molar-refractivity contribution in [3.05, 3.63) is 58.4 Å². The first-order valence-corrected chi connectivity index (χ1v) is 9.64. The standard InChI is InChI=1S/C18H17N4O2S2/c1-11-20-15(17(19)24)16(26-11)13-10-25-18(21-13)22-14(23)9-5-8-12-6-3-2-4-7-12/h2-4,6-7,9-10H,5,8H2,1H3,(H2,19,24)(H,21,22,23). The van der Waals surface area contributed by atoms with E-state index in [4.69, 9.17) is 5.73 Å². The van der Waals surface area contributed by atoms with E-state index in [2.05, 4.69) is 15.3 Å². The van der Waals surface area contributed by atoms with Gasteiger partial charge in [0.2, 0.25) is 5.91 Å². The summed E-state index contributed by atoms with van der Waals surface area (Å²) in [5.74, 6) is -0.783. The molecule has 2 aromatic heterocycles. The minimum atomic E-state index is -0.586. The van der Waals surface area contributed by atoms with E-state index >= 15 is 0 Å². The number of aryl methyl sites for hydroxylation is 2. The van der Waals surface area contributed by atoms with E-state index in [1.165, 1.54) is 28.2 Å². The minimum absolute atomic E-state index is 0.197. The lowest BCUT2D eigenvalue weighted by molar-refractivity contribution is -0.113. The van der Waals surface area contributed by atoms with Crippen LogP contribution in [-0.4, -0.2) is 21.8 Å². The Labute approximate surface area is 159 Å². The number of rotatable bonds is 7. The zero-order valence-corrected chi connectivity index (χ0v) is 15.7. The highest BCUT2D eigenvalue weighted by atomic mass is 32.1. The third kappa shape index (κ3) is 4.53. The fourth-order valence-corrected chi connectivity index (χ4v) is 4.04. The van der Waals surface area contributed by atoms with E-state index in [-0.39, 0.29) is 11.6 Å². The van der Waals surface area contributed by atoms with Gasteiger partial charge in [-0.3, -0.25) is 9.59 Å². The van der Waals surface area contributed by atoms with E-state index in [0.29, 0.717) is 22.1 Å². The summed E-state index contributed by atoms with van der Waals surface area (Å²) in [5, 5.41) is 5.74. The van der Waals surface area contributed by atoms with Gasteiger partial charge >= 0.3 is 0 Å². The first-order chi connectivity index (χ1) is 12.5.